The summed E-state index contributed by atoms with van der Waals surface area (Å²) in [5.74, 6) is -3.60. The first kappa shape index (κ1) is 26.5. The second-order valence-corrected chi connectivity index (χ2v) is 13.0. The van der Waals surface area contributed by atoms with Gasteiger partial charge in [0, 0.05) is 47.0 Å². The molecule has 3 heterocycles. The van der Waals surface area contributed by atoms with Crippen LogP contribution in [0.4, 0.5) is 0 Å². The normalized spacial score (nSPS) is 47.5. The van der Waals surface area contributed by atoms with Crippen LogP contribution in [0.2, 0.25) is 0 Å². The molecular formula is C29H36O10. The molecule has 3 aliphatic carbocycles. The standard InChI is InChI=1S/C29H36O10/c1-13(30)37-20(24(33)35-7)21-25(2,3)16(31)11-17-26(21,4)22-19(38-17)23(32)27(5)15(14-8-9-36-12-14)10-18-29(27,39-18)28(22,6)34/h8-9,11-12,15,18-23,32,34H,10H2,1-7H3. The van der Waals surface area contributed by atoms with Crippen LogP contribution in [0.3, 0.4) is 0 Å². The van der Waals surface area contributed by atoms with Gasteiger partial charge in [0.15, 0.2) is 5.78 Å². The molecule has 1 aromatic heterocycles. The summed E-state index contributed by atoms with van der Waals surface area (Å²) in [6.07, 6.45) is 1.37. The highest BCUT2D eigenvalue weighted by molar-refractivity contribution is 5.97. The van der Waals surface area contributed by atoms with Crippen LogP contribution in [-0.2, 0) is 33.3 Å². The maximum absolute atomic E-state index is 13.5. The van der Waals surface area contributed by atoms with E-state index < -0.39 is 69.5 Å². The predicted octanol–water partition coefficient (Wildman–Crippen LogP) is 2.27. The number of rotatable bonds is 4. The third-order valence-corrected chi connectivity index (χ3v) is 11.0. The summed E-state index contributed by atoms with van der Waals surface area (Å²) in [6, 6.07) is 1.86. The Balaban J connectivity index is 1.55. The van der Waals surface area contributed by atoms with Crippen molar-refractivity contribution >= 4 is 17.7 Å². The minimum Gasteiger partial charge on any atom is -0.491 e. The number of esters is 2. The summed E-state index contributed by atoms with van der Waals surface area (Å²) in [4.78, 5) is 38.8. The molecule has 5 aliphatic rings. The molecule has 0 radical (unpaired) electrons. The fourth-order valence-corrected chi connectivity index (χ4v) is 9.51. The monoisotopic (exact) mass is 544 g/mol. The average molecular weight is 545 g/mol. The van der Waals surface area contributed by atoms with E-state index in [0.29, 0.717) is 6.42 Å². The molecule has 0 amide bonds. The first-order chi connectivity index (χ1) is 18.1. The van der Waals surface area contributed by atoms with E-state index in [9.17, 15) is 24.6 Å². The van der Waals surface area contributed by atoms with Gasteiger partial charge >= 0.3 is 11.9 Å². The number of epoxide rings is 1. The molecule has 1 aromatic rings. The number of methoxy groups -OCH3 is 1. The fourth-order valence-electron chi connectivity index (χ4n) is 9.51. The Labute approximate surface area is 226 Å². The lowest BCUT2D eigenvalue weighted by Crippen LogP contribution is -2.73. The lowest BCUT2D eigenvalue weighted by atomic mass is 9.44. The van der Waals surface area contributed by atoms with E-state index in [0.717, 1.165) is 5.56 Å². The molecule has 11 unspecified atom stereocenters. The van der Waals surface area contributed by atoms with Crippen LogP contribution < -0.4 is 0 Å². The number of allylic oxidation sites excluding steroid dienone is 2. The van der Waals surface area contributed by atoms with Crippen LogP contribution in [-0.4, -0.2) is 70.7 Å². The van der Waals surface area contributed by atoms with E-state index in [1.807, 2.05) is 19.9 Å². The van der Waals surface area contributed by atoms with Crippen LogP contribution in [0.25, 0.3) is 0 Å². The SMILES string of the molecule is COC(=O)C(OC(C)=O)C1C(C)(C)C(=O)C=C2OC3C(C21C)C(C)(O)C12OC1CC(c1ccoc1)C2(C)C3O. The van der Waals surface area contributed by atoms with E-state index in [2.05, 4.69) is 0 Å². The first-order valence-electron chi connectivity index (χ1n) is 13.4. The Hall–Kier alpha value is -2.69. The van der Waals surface area contributed by atoms with Crippen molar-refractivity contribution < 1.29 is 48.0 Å². The molecular weight excluding hydrogens is 508 g/mol. The maximum atomic E-state index is 13.5. The van der Waals surface area contributed by atoms with Crippen molar-refractivity contribution in [2.75, 3.05) is 7.11 Å². The molecule has 2 saturated heterocycles. The zero-order chi connectivity index (χ0) is 28.5. The second kappa shape index (κ2) is 7.73. The lowest BCUT2D eigenvalue weighted by Gasteiger charge is -2.60. The summed E-state index contributed by atoms with van der Waals surface area (Å²) < 4.78 is 28.7. The van der Waals surface area contributed by atoms with Crippen LogP contribution in [0.5, 0.6) is 0 Å². The zero-order valence-corrected chi connectivity index (χ0v) is 23.2. The third kappa shape index (κ3) is 2.85. The van der Waals surface area contributed by atoms with Gasteiger partial charge in [-0.25, -0.2) is 4.79 Å². The predicted molar refractivity (Wildman–Crippen MR) is 133 cm³/mol. The van der Waals surface area contributed by atoms with Crippen LogP contribution in [0, 0.1) is 28.1 Å². The van der Waals surface area contributed by atoms with Gasteiger partial charge < -0.3 is 33.6 Å². The molecule has 0 bridgehead atoms. The minimum atomic E-state index is -1.58. The number of furan rings is 1. The maximum Gasteiger partial charge on any atom is 0.347 e. The Bertz CT molecular complexity index is 1280. The van der Waals surface area contributed by atoms with E-state index in [1.165, 1.54) is 20.1 Å². The van der Waals surface area contributed by atoms with Gasteiger partial charge in [-0.05, 0) is 25.0 Å². The first-order valence-corrected chi connectivity index (χ1v) is 13.4. The molecule has 11 atom stereocenters. The molecule has 39 heavy (non-hydrogen) atoms. The highest BCUT2D eigenvalue weighted by atomic mass is 16.6. The van der Waals surface area contributed by atoms with Crippen LogP contribution >= 0.6 is 0 Å². The van der Waals surface area contributed by atoms with Crippen molar-refractivity contribution in [1.29, 1.82) is 0 Å². The third-order valence-electron chi connectivity index (χ3n) is 11.0. The van der Waals surface area contributed by atoms with E-state index >= 15 is 0 Å². The molecule has 212 valence electrons. The largest absolute Gasteiger partial charge is 0.491 e. The van der Waals surface area contributed by atoms with Crippen molar-refractivity contribution in [3.63, 3.8) is 0 Å². The van der Waals surface area contributed by atoms with Gasteiger partial charge in [0.05, 0.1) is 25.7 Å². The zero-order valence-electron chi connectivity index (χ0n) is 23.2. The second-order valence-electron chi connectivity index (χ2n) is 13.0. The van der Waals surface area contributed by atoms with E-state index in [-0.39, 0.29) is 23.6 Å². The number of hydrogen-bond acceptors (Lipinski definition) is 10. The highest BCUT2D eigenvalue weighted by Crippen LogP contribution is 2.79. The molecule has 2 aliphatic heterocycles. The molecule has 6 rings (SSSR count). The van der Waals surface area contributed by atoms with Gasteiger partial charge in [-0.2, -0.15) is 0 Å². The smallest absolute Gasteiger partial charge is 0.347 e. The van der Waals surface area contributed by atoms with Crippen LogP contribution in [0.15, 0.2) is 34.8 Å². The number of carbonyl (C=O) groups is 3. The quantitative estimate of drug-likeness (QED) is 0.428. The number of ketones is 1. The molecule has 10 heteroatoms. The van der Waals surface area contributed by atoms with Gasteiger partial charge in [-0.3, -0.25) is 9.59 Å². The van der Waals surface area contributed by atoms with Crippen molar-refractivity contribution in [1.82, 2.24) is 0 Å². The van der Waals surface area contributed by atoms with Gasteiger partial charge in [-0.1, -0.05) is 27.7 Å². The number of hydrogen-bond donors (Lipinski definition) is 2. The summed E-state index contributed by atoms with van der Waals surface area (Å²) in [7, 11) is 1.19. The molecule has 2 N–H and O–H groups in total. The van der Waals surface area contributed by atoms with Gasteiger partial charge in [0.2, 0.25) is 6.10 Å². The summed E-state index contributed by atoms with van der Waals surface area (Å²) in [5, 5.41) is 24.8. The summed E-state index contributed by atoms with van der Waals surface area (Å²) in [6.45, 7) is 9.97. The minimum absolute atomic E-state index is 0.178. The Kier molecular flexibility index (Phi) is 5.26. The highest BCUT2D eigenvalue weighted by Gasteiger charge is 2.90. The molecule has 1 spiro atoms. The Morgan fingerprint density at radius 1 is 1.18 bits per heavy atom. The number of aliphatic hydroxyl groups excluding tert-OH is 1. The number of fused-ring (bicyclic) bond motifs is 3. The topological polar surface area (TPSA) is 145 Å². The molecule has 2 saturated carbocycles. The van der Waals surface area contributed by atoms with Crippen molar-refractivity contribution in [2.45, 2.75) is 89.5 Å². The van der Waals surface area contributed by atoms with E-state index in [4.69, 9.17) is 23.4 Å². The number of aliphatic hydroxyl groups is 2. The summed E-state index contributed by atoms with van der Waals surface area (Å²) >= 11 is 0. The van der Waals surface area contributed by atoms with Crippen molar-refractivity contribution in [3.05, 3.63) is 36.0 Å². The van der Waals surface area contributed by atoms with E-state index in [1.54, 1.807) is 33.3 Å². The van der Waals surface area contributed by atoms with Crippen LogP contribution in [0.1, 0.15) is 59.4 Å². The molecule has 0 aromatic carbocycles. The number of carbonyl (C=O) groups excluding carboxylic acids is 3. The van der Waals surface area contributed by atoms with Gasteiger partial charge in [0.25, 0.3) is 0 Å². The van der Waals surface area contributed by atoms with Gasteiger partial charge in [0.1, 0.15) is 29.2 Å². The van der Waals surface area contributed by atoms with Crippen molar-refractivity contribution in [3.8, 4) is 0 Å². The molecule has 10 nitrogen and oxygen atoms in total. The molecule has 4 fully saturated rings. The Morgan fingerprint density at radius 3 is 2.46 bits per heavy atom. The fraction of sp³-hybridized carbons (Fsp3) is 0.690. The lowest BCUT2D eigenvalue weighted by molar-refractivity contribution is -0.247. The average Bonchev–Trinajstić information content (AvgIpc) is 3.12. The number of ether oxygens (including phenoxy) is 4. The Morgan fingerprint density at radius 2 is 1.87 bits per heavy atom. The van der Waals surface area contributed by atoms with Gasteiger partial charge in [-0.15, -0.1) is 0 Å². The summed E-state index contributed by atoms with van der Waals surface area (Å²) in [5.41, 5.74) is -5.20. The van der Waals surface area contributed by atoms with Crippen molar-refractivity contribution in [2.24, 2.45) is 28.1 Å².